The number of rotatable bonds is 4. The molecular weight excluding hydrogens is 198 g/mol. The van der Waals surface area contributed by atoms with Gasteiger partial charge < -0.3 is 14.9 Å². The molecule has 0 spiro atoms. The summed E-state index contributed by atoms with van der Waals surface area (Å²) in [6.45, 7) is 1.44. The number of ether oxygens (including phenoxy) is 1. The quantitative estimate of drug-likeness (QED) is 0.771. The number of hydrogen-bond donors (Lipinski definition) is 2. The molecule has 82 valence electrons. The number of aliphatic hydroxyl groups is 1. The zero-order valence-electron chi connectivity index (χ0n) is 8.54. The van der Waals surface area contributed by atoms with Gasteiger partial charge in [-0.3, -0.25) is 4.79 Å². The molecule has 0 amide bonds. The highest BCUT2D eigenvalue weighted by molar-refractivity contribution is 5.70. The minimum Gasteiger partial charge on any atom is -0.481 e. The third-order valence-electron chi connectivity index (χ3n) is 2.17. The van der Waals surface area contributed by atoms with Gasteiger partial charge in [-0.15, -0.1) is 0 Å². The molecule has 0 fully saturated rings. The monoisotopic (exact) mass is 211 g/mol. The molecule has 1 aromatic rings. The Hall–Kier alpha value is -1.62. The molecule has 2 atom stereocenters. The van der Waals surface area contributed by atoms with Crippen molar-refractivity contribution in [1.29, 1.82) is 0 Å². The molecule has 5 nitrogen and oxygen atoms in total. The molecule has 1 heterocycles. The lowest BCUT2D eigenvalue weighted by atomic mass is 9.99. The fourth-order valence-electron chi connectivity index (χ4n) is 1.11. The summed E-state index contributed by atoms with van der Waals surface area (Å²) in [5.74, 6) is -1.48. The van der Waals surface area contributed by atoms with Gasteiger partial charge in [-0.25, -0.2) is 4.98 Å². The maximum absolute atomic E-state index is 10.6. The van der Waals surface area contributed by atoms with E-state index in [1.165, 1.54) is 20.2 Å². The molecule has 0 radical (unpaired) electrons. The number of pyridine rings is 1. The highest BCUT2D eigenvalue weighted by Gasteiger charge is 2.22. The molecule has 0 aromatic carbocycles. The Labute approximate surface area is 87.3 Å². The summed E-state index contributed by atoms with van der Waals surface area (Å²) in [6, 6.07) is 3.17. The van der Waals surface area contributed by atoms with Gasteiger partial charge in [0.15, 0.2) is 0 Å². The number of carboxylic acid groups (broad SMARTS) is 1. The Morgan fingerprint density at radius 3 is 2.60 bits per heavy atom. The lowest BCUT2D eigenvalue weighted by Gasteiger charge is -2.14. The van der Waals surface area contributed by atoms with Crippen molar-refractivity contribution in [3.63, 3.8) is 0 Å². The van der Waals surface area contributed by atoms with E-state index in [1.54, 1.807) is 12.1 Å². The summed E-state index contributed by atoms with van der Waals surface area (Å²) >= 11 is 0. The molecule has 0 aliphatic carbocycles. The van der Waals surface area contributed by atoms with Crippen LogP contribution in [0.2, 0.25) is 0 Å². The standard InChI is InChI=1S/C10H13NO4/c1-6(10(13)14)9(12)7-3-4-8(15-2)11-5-7/h3-6,9,12H,1-2H3,(H,13,14). The smallest absolute Gasteiger partial charge is 0.309 e. The Bertz CT molecular complexity index is 336. The first-order chi connectivity index (χ1) is 7.06. The van der Waals surface area contributed by atoms with Crippen LogP contribution in [0.4, 0.5) is 0 Å². The molecular formula is C10H13NO4. The molecule has 0 aliphatic heterocycles. The molecule has 2 N–H and O–H groups in total. The lowest BCUT2D eigenvalue weighted by Crippen LogP contribution is -2.18. The zero-order valence-corrected chi connectivity index (χ0v) is 8.54. The molecule has 0 saturated carbocycles. The van der Waals surface area contributed by atoms with Gasteiger partial charge >= 0.3 is 5.97 Å². The average Bonchev–Trinajstić information content (AvgIpc) is 2.27. The fourth-order valence-corrected chi connectivity index (χ4v) is 1.11. The van der Waals surface area contributed by atoms with Gasteiger partial charge in [0, 0.05) is 12.3 Å². The van der Waals surface area contributed by atoms with E-state index in [4.69, 9.17) is 9.84 Å². The van der Waals surface area contributed by atoms with Gasteiger partial charge in [0.05, 0.1) is 19.1 Å². The Morgan fingerprint density at radius 1 is 1.53 bits per heavy atom. The van der Waals surface area contributed by atoms with Gasteiger partial charge in [-0.2, -0.15) is 0 Å². The average molecular weight is 211 g/mol. The van der Waals surface area contributed by atoms with Crippen LogP contribution >= 0.6 is 0 Å². The molecule has 0 saturated heterocycles. The molecule has 0 bridgehead atoms. The van der Waals surface area contributed by atoms with Gasteiger partial charge in [0.25, 0.3) is 0 Å². The summed E-state index contributed by atoms with van der Waals surface area (Å²) in [4.78, 5) is 14.5. The van der Waals surface area contributed by atoms with Crippen molar-refractivity contribution in [3.8, 4) is 5.88 Å². The second kappa shape index (κ2) is 4.75. The third-order valence-corrected chi connectivity index (χ3v) is 2.17. The molecule has 15 heavy (non-hydrogen) atoms. The first-order valence-corrected chi connectivity index (χ1v) is 4.47. The highest BCUT2D eigenvalue weighted by Crippen LogP contribution is 2.22. The predicted molar refractivity (Wildman–Crippen MR) is 52.5 cm³/mol. The van der Waals surface area contributed by atoms with Gasteiger partial charge in [-0.05, 0) is 18.6 Å². The van der Waals surface area contributed by atoms with Crippen molar-refractivity contribution in [1.82, 2.24) is 4.98 Å². The molecule has 0 aliphatic rings. The number of methoxy groups -OCH3 is 1. The molecule has 2 unspecified atom stereocenters. The van der Waals surface area contributed by atoms with Crippen molar-refractivity contribution in [2.24, 2.45) is 5.92 Å². The van der Waals surface area contributed by atoms with E-state index in [0.717, 1.165) is 0 Å². The first kappa shape index (κ1) is 11.5. The summed E-state index contributed by atoms with van der Waals surface area (Å²) in [5, 5.41) is 18.4. The van der Waals surface area contributed by atoms with Gasteiger partial charge in [-0.1, -0.05) is 0 Å². The van der Waals surface area contributed by atoms with E-state index < -0.39 is 18.0 Å². The normalized spacial score (nSPS) is 14.3. The highest BCUT2D eigenvalue weighted by atomic mass is 16.5. The van der Waals surface area contributed by atoms with Crippen molar-refractivity contribution in [3.05, 3.63) is 23.9 Å². The van der Waals surface area contributed by atoms with Crippen molar-refractivity contribution in [2.45, 2.75) is 13.0 Å². The molecule has 1 aromatic heterocycles. The van der Waals surface area contributed by atoms with Crippen LogP contribution in [0.25, 0.3) is 0 Å². The lowest BCUT2D eigenvalue weighted by molar-refractivity contribution is -0.145. The van der Waals surface area contributed by atoms with Crippen LogP contribution in [0, 0.1) is 5.92 Å². The van der Waals surface area contributed by atoms with Crippen molar-refractivity contribution in [2.75, 3.05) is 7.11 Å². The van der Waals surface area contributed by atoms with Crippen LogP contribution in [0.5, 0.6) is 5.88 Å². The van der Waals surface area contributed by atoms with Crippen molar-refractivity contribution >= 4 is 5.97 Å². The van der Waals surface area contributed by atoms with Crippen LogP contribution in [0.3, 0.4) is 0 Å². The summed E-state index contributed by atoms with van der Waals surface area (Å²) in [6.07, 6.45) is 0.351. The van der Waals surface area contributed by atoms with E-state index in [2.05, 4.69) is 4.98 Å². The Morgan fingerprint density at radius 2 is 2.20 bits per heavy atom. The topological polar surface area (TPSA) is 79.7 Å². The number of carbonyl (C=O) groups is 1. The summed E-state index contributed by atoms with van der Waals surface area (Å²) < 4.78 is 4.85. The van der Waals surface area contributed by atoms with Crippen LogP contribution in [-0.2, 0) is 4.79 Å². The zero-order chi connectivity index (χ0) is 11.4. The maximum atomic E-state index is 10.6. The van der Waals surface area contributed by atoms with Crippen LogP contribution in [-0.4, -0.2) is 28.3 Å². The van der Waals surface area contributed by atoms with E-state index in [9.17, 15) is 9.90 Å². The second-order valence-electron chi connectivity index (χ2n) is 3.21. The third kappa shape index (κ3) is 2.66. The maximum Gasteiger partial charge on any atom is 0.309 e. The van der Waals surface area contributed by atoms with E-state index >= 15 is 0 Å². The number of aliphatic carboxylic acids is 1. The first-order valence-electron chi connectivity index (χ1n) is 4.47. The minimum atomic E-state index is -1.05. The molecule has 1 rings (SSSR count). The largest absolute Gasteiger partial charge is 0.481 e. The predicted octanol–water partition coefficient (Wildman–Crippen LogP) is 0.844. The van der Waals surface area contributed by atoms with Gasteiger partial charge in [0.2, 0.25) is 5.88 Å². The van der Waals surface area contributed by atoms with Crippen LogP contribution < -0.4 is 4.74 Å². The number of nitrogens with zero attached hydrogens (tertiary/aromatic N) is 1. The Balaban J connectivity index is 2.82. The number of aliphatic hydroxyl groups excluding tert-OH is 1. The number of carboxylic acids is 1. The van der Waals surface area contributed by atoms with E-state index in [1.807, 2.05) is 0 Å². The van der Waals surface area contributed by atoms with E-state index in [0.29, 0.717) is 11.4 Å². The number of hydrogen-bond acceptors (Lipinski definition) is 4. The SMILES string of the molecule is COc1ccc(C(O)C(C)C(=O)O)cn1. The minimum absolute atomic E-state index is 0.425. The second-order valence-corrected chi connectivity index (χ2v) is 3.21. The molecule has 5 heteroatoms. The summed E-state index contributed by atoms with van der Waals surface area (Å²) in [5.41, 5.74) is 0.464. The van der Waals surface area contributed by atoms with Crippen LogP contribution in [0.15, 0.2) is 18.3 Å². The van der Waals surface area contributed by atoms with Crippen LogP contribution in [0.1, 0.15) is 18.6 Å². The Kier molecular flexibility index (Phi) is 3.62. The fraction of sp³-hybridized carbons (Fsp3) is 0.400. The summed E-state index contributed by atoms with van der Waals surface area (Å²) in [7, 11) is 1.48. The number of aromatic nitrogens is 1. The van der Waals surface area contributed by atoms with E-state index in [-0.39, 0.29) is 0 Å². The van der Waals surface area contributed by atoms with Crippen molar-refractivity contribution < 1.29 is 19.7 Å². The van der Waals surface area contributed by atoms with Gasteiger partial charge in [0.1, 0.15) is 0 Å².